The topological polar surface area (TPSA) is 154 Å². The minimum Gasteiger partial charge on any atom is -0.497 e. The summed E-state index contributed by atoms with van der Waals surface area (Å²) in [5, 5.41) is 11.7. The molecule has 0 bridgehead atoms. The summed E-state index contributed by atoms with van der Waals surface area (Å²) in [4.78, 5) is 59.5. The van der Waals surface area contributed by atoms with Gasteiger partial charge in [-0.05, 0) is 24.3 Å². The summed E-state index contributed by atoms with van der Waals surface area (Å²) in [6.07, 6.45) is -0.202. The number of methoxy groups -OCH3 is 2. The first-order chi connectivity index (χ1) is 16.2. The maximum Gasteiger partial charge on any atom is 0.311 e. The van der Waals surface area contributed by atoms with Gasteiger partial charge in [0.05, 0.1) is 31.6 Å². The van der Waals surface area contributed by atoms with E-state index < -0.39 is 41.0 Å². The van der Waals surface area contributed by atoms with Gasteiger partial charge in [0.15, 0.2) is 12.4 Å². The van der Waals surface area contributed by atoms with Gasteiger partial charge in [-0.1, -0.05) is 0 Å². The van der Waals surface area contributed by atoms with Crippen LogP contribution in [0.5, 0.6) is 11.5 Å². The van der Waals surface area contributed by atoms with Crippen LogP contribution in [0.1, 0.15) is 27.1 Å². The van der Waals surface area contributed by atoms with Gasteiger partial charge in [0, 0.05) is 35.7 Å². The Balaban J connectivity index is 1.55. The van der Waals surface area contributed by atoms with Crippen LogP contribution in [-0.2, 0) is 14.3 Å². The zero-order chi connectivity index (χ0) is 24.8. The molecule has 1 atom stereocenters. The largest absolute Gasteiger partial charge is 0.497 e. The SMILES string of the molecule is COc1cc(OC)cc(C(=O)NN2CC(C(=O)OCC(=O)c3ccc([N+](=O)[O-])cc3)CC2=O)c1. The molecule has 2 amide bonds. The van der Waals surface area contributed by atoms with Gasteiger partial charge in [-0.25, -0.2) is 0 Å². The number of non-ortho nitro benzene ring substituents is 1. The monoisotopic (exact) mass is 471 g/mol. The Labute approximate surface area is 193 Å². The summed E-state index contributed by atoms with van der Waals surface area (Å²) >= 11 is 0. The van der Waals surface area contributed by atoms with E-state index >= 15 is 0 Å². The highest BCUT2D eigenvalue weighted by Crippen LogP contribution is 2.23. The van der Waals surface area contributed by atoms with E-state index in [4.69, 9.17) is 14.2 Å². The molecule has 2 aromatic rings. The van der Waals surface area contributed by atoms with E-state index in [2.05, 4.69) is 5.43 Å². The molecular formula is C22H21N3O9. The average Bonchev–Trinajstić information content (AvgIpc) is 3.21. The second-order valence-corrected chi connectivity index (χ2v) is 7.28. The lowest BCUT2D eigenvalue weighted by atomic mass is 10.1. The lowest BCUT2D eigenvalue weighted by Crippen LogP contribution is -2.43. The van der Waals surface area contributed by atoms with Crippen LogP contribution in [0, 0.1) is 16.0 Å². The van der Waals surface area contributed by atoms with Crippen molar-refractivity contribution in [1.82, 2.24) is 10.4 Å². The normalized spacial score (nSPS) is 14.9. The molecule has 2 aromatic carbocycles. The number of ether oxygens (including phenoxy) is 3. The van der Waals surface area contributed by atoms with Crippen molar-refractivity contribution in [3.05, 3.63) is 63.7 Å². The predicted octanol–water partition coefficient (Wildman–Crippen LogP) is 1.53. The van der Waals surface area contributed by atoms with Gasteiger partial charge in [-0.15, -0.1) is 0 Å². The molecule has 34 heavy (non-hydrogen) atoms. The number of nitro groups is 1. The highest BCUT2D eigenvalue weighted by atomic mass is 16.6. The summed E-state index contributed by atoms with van der Waals surface area (Å²) in [6.45, 7) is -0.715. The van der Waals surface area contributed by atoms with Gasteiger partial charge in [0.25, 0.3) is 11.6 Å². The zero-order valence-electron chi connectivity index (χ0n) is 18.3. The Hall–Kier alpha value is -4.48. The number of hydrogen-bond acceptors (Lipinski definition) is 9. The molecule has 0 saturated carbocycles. The number of hydrogen-bond donors (Lipinski definition) is 1. The molecule has 1 N–H and O–H groups in total. The van der Waals surface area contributed by atoms with Crippen LogP contribution >= 0.6 is 0 Å². The Morgan fingerprint density at radius 2 is 1.68 bits per heavy atom. The van der Waals surface area contributed by atoms with Crippen LogP contribution in [0.4, 0.5) is 5.69 Å². The van der Waals surface area contributed by atoms with Crippen LogP contribution in [0.2, 0.25) is 0 Å². The number of esters is 1. The number of nitrogens with one attached hydrogen (secondary N) is 1. The van der Waals surface area contributed by atoms with Crippen LogP contribution in [0.25, 0.3) is 0 Å². The maximum absolute atomic E-state index is 12.6. The van der Waals surface area contributed by atoms with Gasteiger partial charge >= 0.3 is 5.97 Å². The molecule has 1 aliphatic heterocycles. The molecule has 1 heterocycles. The fourth-order valence-corrected chi connectivity index (χ4v) is 3.21. The van der Waals surface area contributed by atoms with Crippen LogP contribution < -0.4 is 14.9 Å². The molecule has 12 heteroatoms. The van der Waals surface area contributed by atoms with Crippen molar-refractivity contribution in [3.63, 3.8) is 0 Å². The first kappa shape index (κ1) is 24.2. The Bertz CT molecular complexity index is 1110. The molecule has 12 nitrogen and oxygen atoms in total. The lowest BCUT2D eigenvalue weighted by Gasteiger charge is -2.18. The van der Waals surface area contributed by atoms with Crippen molar-refractivity contribution in [1.29, 1.82) is 0 Å². The number of amides is 2. The van der Waals surface area contributed by atoms with E-state index in [1.54, 1.807) is 6.07 Å². The maximum atomic E-state index is 12.6. The highest BCUT2D eigenvalue weighted by molar-refractivity contribution is 5.99. The number of hydrazine groups is 1. The molecule has 0 aromatic heterocycles. The average molecular weight is 471 g/mol. The van der Waals surface area contributed by atoms with Crippen LogP contribution in [0.3, 0.4) is 0 Å². The molecule has 1 saturated heterocycles. The van der Waals surface area contributed by atoms with Crippen molar-refractivity contribution in [3.8, 4) is 11.5 Å². The van der Waals surface area contributed by atoms with Crippen molar-refractivity contribution in [2.45, 2.75) is 6.42 Å². The summed E-state index contributed by atoms with van der Waals surface area (Å²) in [7, 11) is 2.87. The molecule has 3 rings (SSSR count). The number of carbonyl (C=O) groups is 4. The van der Waals surface area contributed by atoms with Gasteiger partial charge in [-0.2, -0.15) is 0 Å². The van der Waals surface area contributed by atoms with E-state index in [9.17, 15) is 29.3 Å². The minimum atomic E-state index is -0.877. The Morgan fingerprint density at radius 1 is 1.06 bits per heavy atom. The molecular weight excluding hydrogens is 450 g/mol. The second-order valence-electron chi connectivity index (χ2n) is 7.28. The zero-order valence-corrected chi connectivity index (χ0v) is 18.3. The van der Waals surface area contributed by atoms with Crippen LogP contribution in [0.15, 0.2) is 42.5 Å². The van der Waals surface area contributed by atoms with E-state index in [0.717, 1.165) is 5.01 Å². The summed E-state index contributed by atoms with van der Waals surface area (Å²) in [5.41, 5.74) is 2.59. The number of rotatable bonds is 9. The number of nitro benzene ring substituents is 1. The smallest absolute Gasteiger partial charge is 0.311 e. The van der Waals surface area contributed by atoms with E-state index in [-0.39, 0.29) is 29.8 Å². The highest BCUT2D eigenvalue weighted by Gasteiger charge is 2.37. The fraction of sp³-hybridized carbons (Fsp3) is 0.273. The quantitative estimate of drug-likeness (QED) is 0.248. The van der Waals surface area contributed by atoms with Crippen molar-refractivity contribution in [2.24, 2.45) is 5.92 Å². The molecule has 0 aliphatic carbocycles. The number of nitrogens with zero attached hydrogens (tertiary/aromatic N) is 2. The third-order valence-electron chi connectivity index (χ3n) is 5.05. The van der Waals surface area contributed by atoms with E-state index in [0.29, 0.717) is 11.5 Å². The summed E-state index contributed by atoms with van der Waals surface area (Å²) in [5.74, 6) is -2.53. The summed E-state index contributed by atoms with van der Waals surface area (Å²) in [6, 6.07) is 9.38. The lowest BCUT2D eigenvalue weighted by molar-refractivity contribution is -0.384. The van der Waals surface area contributed by atoms with Crippen molar-refractivity contribution >= 4 is 29.3 Å². The van der Waals surface area contributed by atoms with E-state index in [1.807, 2.05) is 0 Å². The first-order valence-corrected chi connectivity index (χ1v) is 10.0. The standard InChI is InChI=1S/C22H21N3O9/c1-32-17-7-14(8-18(10-17)33-2)21(28)23-24-11-15(9-20(24)27)22(29)34-12-19(26)13-3-5-16(6-4-13)25(30)31/h3-8,10,15H,9,11-12H2,1-2H3,(H,23,28). The van der Waals surface area contributed by atoms with Gasteiger partial charge in [0.2, 0.25) is 5.91 Å². The van der Waals surface area contributed by atoms with E-state index in [1.165, 1.54) is 50.6 Å². The molecule has 1 aliphatic rings. The Kier molecular flexibility index (Phi) is 7.41. The molecule has 0 spiro atoms. The number of benzene rings is 2. The van der Waals surface area contributed by atoms with Crippen molar-refractivity contribution in [2.75, 3.05) is 27.4 Å². The molecule has 0 radical (unpaired) electrons. The van der Waals surface area contributed by atoms with Crippen LogP contribution in [-0.4, -0.2) is 60.9 Å². The summed E-state index contributed by atoms with van der Waals surface area (Å²) < 4.78 is 15.3. The number of Topliss-reactive ketones (excluding diaryl/α,β-unsaturated/α-hetero) is 1. The number of ketones is 1. The first-order valence-electron chi connectivity index (χ1n) is 10.0. The fourth-order valence-electron chi connectivity index (χ4n) is 3.21. The van der Waals surface area contributed by atoms with Gasteiger partial charge < -0.3 is 14.2 Å². The minimum absolute atomic E-state index is 0.129. The third-order valence-corrected chi connectivity index (χ3v) is 5.05. The second kappa shape index (κ2) is 10.4. The predicted molar refractivity (Wildman–Crippen MR) is 115 cm³/mol. The Morgan fingerprint density at radius 3 is 2.24 bits per heavy atom. The molecule has 178 valence electrons. The van der Waals surface area contributed by atoms with Gasteiger partial charge in [0.1, 0.15) is 11.5 Å². The van der Waals surface area contributed by atoms with Crippen molar-refractivity contribution < 1.29 is 38.3 Å². The molecule has 1 fully saturated rings. The number of carbonyl (C=O) groups excluding carboxylic acids is 4. The third kappa shape index (κ3) is 5.65. The molecule has 1 unspecified atom stereocenters. The van der Waals surface area contributed by atoms with Gasteiger partial charge in [-0.3, -0.25) is 39.7 Å².